The Kier molecular flexibility index (Phi) is 11.0. The van der Waals surface area contributed by atoms with Gasteiger partial charge in [-0.15, -0.1) is 0 Å². The molecule has 0 atom stereocenters. The predicted molar refractivity (Wildman–Crippen MR) is 253 cm³/mol. The van der Waals surface area contributed by atoms with Gasteiger partial charge in [-0.2, -0.15) is 0 Å². The number of rotatable bonds is 0. The van der Waals surface area contributed by atoms with Crippen molar-refractivity contribution in [3.63, 3.8) is 0 Å². The van der Waals surface area contributed by atoms with Gasteiger partial charge in [-0.1, -0.05) is 217 Å². The van der Waals surface area contributed by atoms with Crippen LogP contribution in [0.4, 0.5) is 0 Å². The maximum Gasteiger partial charge on any atom is 0.0406 e. The van der Waals surface area contributed by atoms with Crippen LogP contribution >= 0.6 is 0 Å². The highest BCUT2D eigenvalue weighted by Crippen LogP contribution is 2.34. The fourth-order valence-corrected chi connectivity index (χ4v) is 7.42. The summed E-state index contributed by atoms with van der Waals surface area (Å²) in [6.07, 6.45) is 0. The summed E-state index contributed by atoms with van der Waals surface area (Å²) in [5.74, 6) is 27.1. The Morgan fingerprint density at radius 3 is 0.467 bits per heavy atom. The van der Waals surface area contributed by atoms with Gasteiger partial charge in [0.05, 0.1) is 0 Å². The average Bonchev–Trinajstić information content (AvgIpc) is 3.32. The maximum absolute atomic E-state index is 3.45. The highest BCUT2D eigenvalue weighted by molar-refractivity contribution is 6.11. The monoisotopic (exact) mass is 756 g/mol. The molecule has 0 fully saturated rings. The Bertz CT molecular complexity index is 2830. The van der Waals surface area contributed by atoms with Crippen LogP contribution < -0.4 is 0 Å². The molecule has 0 spiro atoms. The van der Waals surface area contributed by atoms with Crippen molar-refractivity contribution in [3.05, 3.63) is 263 Å². The van der Waals surface area contributed by atoms with E-state index in [9.17, 15) is 0 Å². The summed E-state index contributed by atoms with van der Waals surface area (Å²) in [6, 6.07) is 74.2. The SMILES string of the molecule is C(#Cc1c2ccccc2c(C#Cc2ccccc2)c2ccccc12)c1ccccc1.C(#Cc1c2ccccc2c(C#Cc2ccccc2)c2ccccc12)c1ccccc1. The fourth-order valence-electron chi connectivity index (χ4n) is 7.42. The van der Waals surface area contributed by atoms with Gasteiger partial charge in [-0.3, -0.25) is 0 Å². The normalized spacial score (nSPS) is 10.1. The summed E-state index contributed by atoms with van der Waals surface area (Å²) < 4.78 is 0. The highest BCUT2D eigenvalue weighted by Gasteiger charge is 2.12. The minimum absolute atomic E-state index is 1.01. The van der Waals surface area contributed by atoms with Gasteiger partial charge >= 0.3 is 0 Å². The van der Waals surface area contributed by atoms with Gasteiger partial charge in [0.1, 0.15) is 0 Å². The molecule has 60 heavy (non-hydrogen) atoms. The molecule has 10 rings (SSSR count). The summed E-state index contributed by atoms with van der Waals surface area (Å²) in [7, 11) is 0. The Balaban J connectivity index is 0.000000154. The van der Waals surface area contributed by atoms with E-state index in [0.717, 1.165) is 87.6 Å². The summed E-state index contributed by atoms with van der Waals surface area (Å²) in [5, 5.41) is 9.09. The zero-order valence-corrected chi connectivity index (χ0v) is 32.8. The quantitative estimate of drug-likeness (QED) is 0.107. The first kappa shape index (κ1) is 37.1. The van der Waals surface area contributed by atoms with Crippen LogP contribution in [0.2, 0.25) is 0 Å². The lowest BCUT2D eigenvalue weighted by Crippen LogP contribution is -1.90. The number of hydrogen-bond acceptors (Lipinski definition) is 0. The van der Waals surface area contributed by atoms with E-state index >= 15 is 0 Å². The van der Waals surface area contributed by atoms with Gasteiger partial charge in [0.25, 0.3) is 0 Å². The van der Waals surface area contributed by atoms with Crippen LogP contribution in [-0.2, 0) is 0 Å². The van der Waals surface area contributed by atoms with Gasteiger partial charge in [-0.25, -0.2) is 0 Å². The fraction of sp³-hybridized carbons (Fsp3) is 0. The predicted octanol–water partition coefficient (Wildman–Crippen LogP) is 13.6. The molecule has 0 nitrogen and oxygen atoms in total. The van der Waals surface area contributed by atoms with Crippen LogP contribution in [0.25, 0.3) is 43.1 Å². The average molecular weight is 757 g/mol. The molecule has 0 amide bonds. The zero-order chi connectivity index (χ0) is 40.4. The van der Waals surface area contributed by atoms with E-state index in [1.807, 2.05) is 121 Å². The van der Waals surface area contributed by atoms with Crippen molar-refractivity contribution in [1.82, 2.24) is 0 Å². The molecule has 0 aromatic heterocycles. The molecule has 0 saturated heterocycles. The minimum Gasteiger partial charge on any atom is -0.0622 e. The first-order valence-corrected chi connectivity index (χ1v) is 20.0. The van der Waals surface area contributed by atoms with Crippen LogP contribution in [0.5, 0.6) is 0 Å². The summed E-state index contributed by atoms with van der Waals surface area (Å²) in [6.45, 7) is 0. The zero-order valence-electron chi connectivity index (χ0n) is 32.8. The largest absolute Gasteiger partial charge is 0.0622 e. The third-order valence-corrected chi connectivity index (χ3v) is 10.3. The molecule has 0 heteroatoms. The second-order valence-corrected chi connectivity index (χ2v) is 14.1. The standard InChI is InChI=1S/2C30H18/c2*1-3-11-23(12-4-1)19-21-29-25-15-7-9-17-27(25)30(28-18-10-8-16-26(28)29)22-20-24-13-5-2-6-14-24/h2*1-18H. The van der Waals surface area contributed by atoms with Crippen molar-refractivity contribution in [1.29, 1.82) is 0 Å². The summed E-state index contributed by atoms with van der Waals surface area (Å²) >= 11 is 0. The summed E-state index contributed by atoms with van der Waals surface area (Å²) in [4.78, 5) is 0. The molecule has 0 aliphatic carbocycles. The lowest BCUT2D eigenvalue weighted by atomic mass is 9.92. The maximum atomic E-state index is 3.45. The van der Waals surface area contributed by atoms with E-state index in [4.69, 9.17) is 0 Å². The smallest absolute Gasteiger partial charge is 0.0406 e. The van der Waals surface area contributed by atoms with Crippen molar-refractivity contribution in [2.45, 2.75) is 0 Å². The van der Waals surface area contributed by atoms with Crippen LogP contribution in [0.3, 0.4) is 0 Å². The molecule has 0 saturated carbocycles. The molecule has 0 unspecified atom stereocenters. The van der Waals surface area contributed by atoms with Gasteiger partial charge in [-0.05, 0) is 91.6 Å². The third-order valence-electron chi connectivity index (χ3n) is 10.3. The number of fused-ring (bicyclic) bond motifs is 4. The van der Waals surface area contributed by atoms with E-state index in [0.29, 0.717) is 0 Å². The van der Waals surface area contributed by atoms with Crippen LogP contribution in [0.15, 0.2) is 218 Å². The van der Waals surface area contributed by atoms with Gasteiger partial charge in [0.2, 0.25) is 0 Å². The van der Waals surface area contributed by atoms with E-state index in [2.05, 4.69) is 144 Å². The number of benzene rings is 10. The first-order valence-electron chi connectivity index (χ1n) is 20.0. The van der Waals surface area contributed by atoms with Crippen molar-refractivity contribution >= 4 is 43.1 Å². The first-order chi connectivity index (χ1) is 29.8. The van der Waals surface area contributed by atoms with Crippen molar-refractivity contribution in [3.8, 4) is 47.4 Å². The molecular weight excluding hydrogens is 721 g/mol. The van der Waals surface area contributed by atoms with Crippen molar-refractivity contribution in [2.24, 2.45) is 0 Å². The lowest BCUT2D eigenvalue weighted by Gasteiger charge is -2.10. The lowest BCUT2D eigenvalue weighted by molar-refractivity contribution is 1.64. The van der Waals surface area contributed by atoms with Crippen molar-refractivity contribution < 1.29 is 0 Å². The molecule has 276 valence electrons. The van der Waals surface area contributed by atoms with Gasteiger partial charge < -0.3 is 0 Å². The molecule has 0 bridgehead atoms. The Morgan fingerprint density at radius 2 is 0.300 bits per heavy atom. The molecule has 0 radical (unpaired) electrons. The van der Waals surface area contributed by atoms with Crippen LogP contribution in [0, 0.1) is 47.4 Å². The minimum atomic E-state index is 1.01. The van der Waals surface area contributed by atoms with Crippen LogP contribution in [0.1, 0.15) is 44.5 Å². The molecule has 10 aromatic rings. The second-order valence-electron chi connectivity index (χ2n) is 14.1. The Morgan fingerprint density at radius 1 is 0.150 bits per heavy atom. The van der Waals surface area contributed by atoms with Gasteiger partial charge in [0, 0.05) is 44.5 Å². The molecule has 0 heterocycles. The summed E-state index contributed by atoms with van der Waals surface area (Å²) in [5.41, 5.74) is 8.26. The van der Waals surface area contributed by atoms with Gasteiger partial charge in [0.15, 0.2) is 0 Å². The molecule has 0 aliphatic heterocycles. The molecule has 10 aromatic carbocycles. The molecule has 0 N–H and O–H groups in total. The van der Waals surface area contributed by atoms with Crippen molar-refractivity contribution in [2.75, 3.05) is 0 Å². The third kappa shape index (κ3) is 8.15. The molecule has 0 aliphatic rings. The van der Waals surface area contributed by atoms with E-state index in [-0.39, 0.29) is 0 Å². The van der Waals surface area contributed by atoms with E-state index < -0.39 is 0 Å². The molecular formula is C60H36. The topological polar surface area (TPSA) is 0 Å². The Labute approximate surface area is 351 Å². The second kappa shape index (κ2) is 17.7. The number of hydrogen-bond donors (Lipinski definition) is 0. The van der Waals surface area contributed by atoms with Crippen LogP contribution in [-0.4, -0.2) is 0 Å². The van der Waals surface area contributed by atoms with E-state index in [1.54, 1.807) is 0 Å². The Hall–Kier alpha value is -8.52. The van der Waals surface area contributed by atoms with E-state index in [1.165, 1.54) is 0 Å². The highest BCUT2D eigenvalue weighted by atomic mass is 14.1.